The van der Waals surface area contributed by atoms with E-state index in [4.69, 9.17) is 4.74 Å². The smallest absolute Gasteiger partial charge is 0.0620 e. The molecule has 0 amide bonds. The second-order valence-corrected chi connectivity index (χ2v) is 4.90. The fourth-order valence-electron chi connectivity index (χ4n) is 2.61. The van der Waals surface area contributed by atoms with E-state index in [0.29, 0.717) is 18.1 Å². The molecule has 3 atom stereocenters. The van der Waals surface area contributed by atoms with E-state index < -0.39 is 0 Å². The molecule has 1 heterocycles. The molecular formula is C13H28N2O. The van der Waals surface area contributed by atoms with Crippen molar-refractivity contribution in [1.82, 2.24) is 10.2 Å². The highest BCUT2D eigenvalue weighted by atomic mass is 16.5. The third-order valence-electron chi connectivity index (χ3n) is 3.71. The van der Waals surface area contributed by atoms with E-state index in [1.807, 2.05) is 0 Å². The maximum atomic E-state index is 5.50. The van der Waals surface area contributed by atoms with E-state index in [-0.39, 0.29) is 0 Å². The molecule has 1 aliphatic heterocycles. The standard InChI is InChI=1S/C13H28N2O/c1-5-11(3)15(6-2)12(4)9-13-10-16-8-7-14-13/h11-14H,5-10H2,1-4H3. The normalized spacial score (nSPS) is 25.7. The van der Waals surface area contributed by atoms with E-state index in [9.17, 15) is 0 Å². The molecule has 1 fully saturated rings. The number of nitrogens with one attached hydrogen (secondary N) is 1. The molecule has 96 valence electrons. The lowest BCUT2D eigenvalue weighted by Gasteiger charge is -2.36. The third-order valence-corrected chi connectivity index (χ3v) is 3.71. The van der Waals surface area contributed by atoms with Gasteiger partial charge in [0.25, 0.3) is 0 Å². The van der Waals surface area contributed by atoms with Gasteiger partial charge in [0, 0.05) is 24.7 Å². The first-order chi connectivity index (χ1) is 7.69. The second kappa shape index (κ2) is 7.25. The predicted octanol–water partition coefficient (Wildman–Crippen LogP) is 1.87. The first-order valence-electron chi connectivity index (χ1n) is 6.75. The lowest BCUT2D eigenvalue weighted by Crippen LogP contribution is -2.47. The first kappa shape index (κ1) is 13.9. The molecule has 3 unspecified atom stereocenters. The van der Waals surface area contributed by atoms with Crippen LogP contribution < -0.4 is 5.32 Å². The summed E-state index contributed by atoms with van der Waals surface area (Å²) >= 11 is 0. The Bertz CT molecular complexity index is 181. The number of hydrogen-bond donors (Lipinski definition) is 1. The van der Waals surface area contributed by atoms with Gasteiger partial charge in [0.05, 0.1) is 13.2 Å². The van der Waals surface area contributed by atoms with Crippen LogP contribution in [0.1, 0.15) is 40.5 Å². The molecular weight excluding hydrogens is 200 g/mol. The van der Waals surface area contributed by atoms with Gasteiger partial charge in [-0.25, -0.2) is 0 Å². The Morgan fingerprint density at radius 1 is 1.31 bits per heavy atom. The zero-order valence-corrected chi connectivity index (χ0v) is 11.3. The Morgan fingerprint density at radius 3 is 2.56 bits per heavy atom. The summed E-state index contributed by atoms with van der Waals surface area (Å²) in [5.74, 6) is 0. The largest absolute Gasteiger partial charge is 0.379 e. The van der Waals surface area contributed by atoms with Crippen molar-refractivity contribution in [3.05, 3.63) is 0 Å². The lowest BCUT2D eigenvalue weighted by atomic mass is 10.0. The third kappa shape index (κ3) is 4.04. The molecule has 0 aromatic heterocycles. The van der Waals surface area contributed by atoms with Crippen molar-refractivity contribution < 1.29 is 4.74 Å². The van der Waals surface area contributed by atoms with Gasteiger partial charge in [0.1, 0.15) is 0 Å². The molecule has 0 aliphatic carbocycles. The van der Waals surface area contributed by atoms with Crippen molar-refractivity contribution in [1.29, 1.82) is 0 Å². The Morgan fingerprint density at radius 2 is 2.06 bits per heavy atom. The summed E-state index contributed by atoms with van der Waals surface area (Å²) in [5, 5.41) is 3.53. The van der Waals surface area contributed by atoms with Crippen LogP contribution in [0.5, 0.6) is 0 Å². The van der Waals surface area contributed by atoms with Crippen molar-refractivity contribution in [2.24, 2.45) is 0 Å². The molecule has 0 saturated carbocycles. The molecule has 0 spiro atoms. The molecule has 1 rings (SSSR count). The first-order valence-corrected chi connectivity index (χ1v) is 6.75. The van der Waals surface area contributed by atoms with Crippen LogP contribution in [-0.4, -0.2) is 49.3 Å². The summed E-state index contributed by atoms with van der Waals surface area (Å²) in [5.41, 5.74) is 0. The number of morpholine rings is 1. The number of rotatable bonds is 6. The highest BCUT2D eigenvalue weighted by Gasteiger charge is 2.22. The van der Waals surface area contributed by atoms with Crippen molar-refractivity contribution in [2.75, 3.05) is 26.3 Å². The molecule has 0 bridgehead atoms. The van der Waals surface area contributed by atoms with Crippen molar-refractivity contribution in [3.63, 3.8) is 0 Å². The van der Waals surface area contributed by atoms with Gasteiger partial charge in [0.15, 0.2) is 0 Å². The highest BCUT2D eigenvalue weighted by Crippen LogP contribution is 2.14. The van der Waals surface area contributed by atoms with Gasteiger partial charge in [0.2, 0.25) is 0 Å². The summed E-state index contributed by atoms with van der Waals surface area (Å²) in [4.78, 5) is 2.59. The van der Waals surface area contributed by atoms with Gasteiger partial charge < -0.3 is 10.1 Å². The van der Waals surface area contributed by atoms with Gasteiger partial charge in [-0.3, -0.25) is 4.90 Å². The van der Waals surface area contributed by atoms with Gasteiger partial charge in [-0.2, -0.15) is 0 Å². The maximum Gasteiger partial charge on any atom is 0.0620 e. The molecule has 0 radical (unpaired) electrons. The Hall–Kier alpha value is -0.120. The van der Waals surface area contributed by atoms with Crippen LogP contribution in [0, 0.1) is 0 Å². The molecule has 3 heteroatoms. The molecule has 16 heavy (non-hydrogen) atoms. The van der Waals surface area contributed by atoms with Crippen LogP contribution in [-0.2, 0) is 4.74 Å². The monoisotopic (exact) mass is 228 g/mol. The Kier molecular flexibility index (Phi) is 6.32. The fraction of sp³-hybridized carbons (Fsp3) is 1.00. The number of ether oxygens (including phenoxy) is 1. The van der Waals surface area contributed by atoms with Gasteiger partial charge in [-0.15, -0.1) is 0 Å². The molecule has 1 saturated heterocycles. The summed E-state index contributed by atoms with van der Waals surface area (Å²) < 4.78 is 5.50. The Balaban J connectivity index is 2.38. The summed E-state index contributed by atoms with van der Waals surface area (Å²) in [6.45, 7) is 13.1. The van der Waals surface area contributed by atoms with E-state index in [1.54, 1.807) is 0 Å². The summed E-state index contributed by atoms with van der Waals surface area (Å²) in [6.07, 6.45) is 2.42. The topological polar surface area (TPSA) is 24.5 Å². The van der Waals surface area contributed by atoms with Crippen LogP contribution in [0.3, 0.4) is 0 Å². The van der Waals surface area contributed by atoms with Gasteiger partial charge in [-0.05, 0) is 33.2 Å². The van der Waals surface area contributed by atoms with E-state index in [0.717, 1.165) is 26.3 Å². The van der Waals surface area contributed by atoms with E-state index in [1.165, 1.54) is 12.8 Å². The van der Waals surface area contributed by atoms with Gasteiger partial charge >= 0.3 is 0 Å². The average Bonchev–Trinajstić information content (AvgIpc) is 2.31. The van der Waals surface area contributed by atoms with Crippen molar-refractivity contribution in [3.8, 4) is 0 Å². The quantitative estimate of drug-likeness (QED) is 0.751. The van der Waals surface area contributed by atoms with Crippen LogP contribution in [0.15, 0.2) is 0 Å². The minimum atomic E-state index is 0.543. The number of hydrogen-bond acceptors (Lipinski definition) is 3. The molecule has 3 nitrogen and oxygen atoms in total. The Labute approximate surface area is 101 Å². The van der Waals surface area contributed by atoms with Crippen LogP contribution >= 0.6 is 0 Å². The zero-order chi connectivity index (χ0) is 12.0. The van der Waals surface area contributed by atoms with Crippen LogP contribution in [0.25, 0.3) is 0 Å². The molecule has 0 aromatic carbocycles. The van der Waals surface area contributed by atoms with E-state index >= 15 is 0 Å². The SMILES string of the molecule is CCC(C)N(CC)C(C)CC1COCCN1. The molecule has 1 N–H and O–H groups in total. The van der Waals surface area contributed by atoms with Crippen LogP contribution in [0.4, 0.5) is 0 Å². The van der Waals surface area contributed by atoms with Crippen LogP contribution in [0.2, 0.25) is 0 Å². The summed E-state index contributed by atoms with van der Waals surface area (Å²) in [7, 11) is 0. The maximum absolute atomic E-state index is 5.50. The lowest BCUT2D eigenvalue weighted by molar-refractivity contribution is 0.0569. The fourth-order valence-corrected chi connectivity index (χ4v) is 2.61. The van der Waals surface area contributed by atoms with Crippen molar-refractivity contribution >= 4 is 0 Å². The minimum absolute atomic E-state index is 0.543. The van der Waals surface area contributed by atoms with E-state index in [2.05, 4.69) is 37.9 Å². The highest BCUT2D eigenvalue weighted by molar-refractivity contribution is 4.79. The minimum Gasteiger partial charge on any atom is -0.379 e. The summed E-state index contributed by atoms with van der Waals surface area (Å²) in [6, 6.07) is 1.87. The van der Waals surface area contributed by atoms with Crippen molar-refractivity contribution in [2.45, 2.75) is 58.7 Å². The zero-order valence-electron chi connectivity index (χ0n) is 11.3. The molecule has 0 aromatic rings. The number of nitrogens with zero attached hydrogens (tertiary/aromatic N) is 1. The molecule has 1 aliphatic rings. The average molecular weight is 228 g/mol. The van der Waals surface area contributed by atoms with Gasteiger partial charge in [-0.1, -0.05) is 13.8 Å². The predicted molar refractivity (Wildman–Crippen MR) is 68.8 cm³/mol. The second-order valence-electron chi connectivity index (χ2n) is 4.90.